The van der Waals surface area contributed by atoms with E-state index in [2.05, 4.69) is 0 Å². The number of nitrogens with two attached hydrogens (primary N) is 2. The summed E-state index contributed by atoms with van der Waals surface area (Å²) in [5, 5.41) is -0.142. The Hall–Kier alpha value is -0.960. The zero-order valence-corrected chi connectivity index (χ0v) is 10.0. The van der Waals surface area contributed by atoms with E-state index in [4.69, 9.17) is 34.7 Å². The van der Waals surface area contributed by atoms with E-state index in [-0.39, 0.29) is 0 Å². The molecule has 1 aliphatic carbocycles. The first kappa shape index (κ1) is 11.5. The maximum atomic E-state index is 6.28. The van der Waals surface area contributed by atoms with Gasteiger partial charge < -0.3 is 11.5 Å². The van der Waals surface area contributed by atoms with Crippen LogP contribution in [-0.4, -0.2) is 5.38 Å². The minimum absolute atomic E-state index is 0.399. The largest absolute Gasteiger partial charge is 0.398 e. The lowest BCUT2D eigenvalue weighted by Crippen LogP contribution is -2.45. The molecule has 4 N–H and O–H groups in total. The van der Waals surface area contributed by atoms with Gasteiger partial charge in [0.05, 0.1) is 15.9 Å². The van der Waals surface area contributed by atoms with Crippen molar-refractivity contribution in [2.24, 2.45) is 11.5 Å². The van der Waals surface area contributed by atoms with Gasteiger partial charge in [0.15, 0.2) is 0 Å². The number of hydrogen-bond acceptors (Lipinski definition) is 2. The van der Waals surface area contributed by atoms with Crippen molar-refractivity contribution < 1.29 is 0 Å². The molecule has 0 amide bonds. The highest BCUT2D eigenvalue weighted by Gasteiger charge is 2.38. The highest BCUT2D eigenvalue weighted by molar-refractivity contribution is 6.38. The molecule has 0 saturated heterocycles. The zero-order valence-electron chi connectivity index (χ0n) is 8.53. The van der Waals surface area contributed by atoms with Crippen LogP contribution in [0.4, 0.5) is 0 Å². The van der Waals surface area contributed by atoms with E-state index < -0.39 is 10.9 Å². The molecule has 4 heteroatoms. The van der Waals surface area contributed by atoms with E-state index in [0.717, 1.165) is 5.56 Å². The molecule has 2 atom stereocenters. The fourth-order valence-electron chi connectivity index (χ4n) is 1.72. The fraction of sp³-hybridized carbons (Fsp3) is 0.167. The van der Waals surface area contributed by atoms with Crippen LogP contribution < -0.4 is 11.5 Å². The molecule has 1 aliphatic rings. The Balaban J connectivity index is 2.47. The van der Waals surface area contributed by atoms with Crippen LogP contribution in [-0.2, 0) is 5.54 Å². The van der Waals surface area contributed by atoms with Gasteiger partial charge >= 0.3 is 0 Å². The summed E-state index contributed by atoms with van der Waals surface area (Å²) in [5.41, 5.74) is 12.6. The lowest BCUT2D eigenvalue weighted by atomic mass is 9.84. The van der Waals surface area contributed by atoms with Crippen LogP contribution in [0.3, 0.4) is 0 Å². The summed E-state index contributed by atoms with van der Waals surface area (Å²) in [7, 11) is 0. The summed E-state index contributed by atoms with van der Waals surface area (Å²) in [5.74, 6) is 0. The summed E-state index contributed by atoms with van der Waals surface area (Å²) in [6.07, 6.45) is 3.50. The fourth-order valence-corrected chi connectivity index (χ4v) is 2.29. The smallest absolute Gasteiger partial charge is 0.0969 e. The Morgan fingerprint density at radius 1 is 1.19 bits per heavy atom. The molecule has 84 valence electrons. The average molecular weight is 255 g/mol. The second kappa shape index (κ2) is 4.13. The second-order valence-electron chi connectivity index (χ2n) is 3.80. The van der Waals surface area contributed by atoms with Crippen LogP contribution in [0.2, 0.25) is 0 Å². The molecular weight excluding hydrogens is 243 g/mol. The van der Waals surface area contributed by atoms with Crippen molar-refractivity contribution in [2.75, 3.05) is 0 Å². The third-order valence-corrected chi connectivity index (χ3v) is 3.86. The van der Waals surface area contributed by atoms with Gasteiger partial charge in [-0.05, 0) is 11.6 Å². The highest BCUT2D eigenvalue weighted by Crippen LogP contribution is 2.37. The van der Waals surface area contributed by atoms with Gasteiger partial charge in [-0.3, -0.25) is 0 Å². The Bertz CT molecular complexity index is 453. The monoisotopic (exact) mass is 254 g/mol. The number of benzene rings is 1. The van der Waals surface area contributed by atoms with Gasteiger partial charge in [0.1, 0.15) is 0 Å². The molecule has 16 heavy (non-hydrogen) atoms. The van der Waals surface area contributed by atoms with Crippen molar-refractivity contribution in [3.05, 3.63) is 58.8 Å². The van der Waals surface area contributed by atoms with Gasteiger partial charge in [-0.1, -0.05) is 48.0 Å². The molecule has 0 bridgehead atoms. The number of rotatable bonds is 1. The van der Waals surface area contributed by atoms with Crippen LogP contribution in [0.5, 0.6) is 0 Å². The quantitative estimate of drug-likeness (QED) is 0.757. The predicted molar refractivity (Wildman–Crippen MR) is 68.2 cm³/mol. The minimum Gasteiger partial charge on any atom is -0.398 e. The van der Waals surface area contributed by atoms with Crippen LogP contribution >= 0.6 is 23.2 Å². The first-order valence-electron chi connectivity index (χ1n) is 4.88. The van der Waals surface area contributed by atoms with E-state index in [9.17, 15) is 0 Å². The number of halogens is 2. The SMILES string of the molecule is NC1=C(Cl)C(Cl)C(N)(c2ccccc2)C=C1. The number of hydrogen-bond donors (Lipinski definition) is 2. The molecule has 0 saturated carbocycles. The molecule has 0 fully saturated rings. The molecule has 2 nitrogen and oxygen atoms in total. The molecule has 0 heterocycles. The lowest BCUT2D eigenvalue weighted by Gasteiger charge is -2.34. The summed E-state index contributed by atoms with van der Waals surface area (Å²) >= 11 is 12.3. The second-order valence-corrected chi connectivity index (χ2v) is 4.64. The highest BCUT2D eigenvalue weighted by atomic mass is 35.5. The Morgan fingerprint density at radius 2 is 1.81 bits per heavy atom. The van der Waals surface area contributed by atoms with Gasteiger partial charge in [0.2, 0.25) is 0 Å². The molecule has 0 aliphatic heterocycles. The van der Waals surface area contributed by atoms with Gasteiger partial charge in [0, 0.05) is 5.70 Å². The summed E-state index contributed by atoms with van der Waals surface area (Å²) < 4.78 is 0. The average Bonchev–Trinajstić information content (AvgIpc) is 2.33. The van der Waals surface area contributed by atoms with Crippen molar-refractivity contribution in [1.29, 1.82) is 0 Å². The summed E-state index contributed by atoms with van der Waals surface area (Å²) in [4.78, 5) is 0. The van der Waals surface area contributed by atoms with E-state index in [1.54, 1.807) is 12.2 Å². The maximum Gasteiger partial charge on any atom is 0.0969 e. The summed E-state index contributed by atoms with van der Waals surface area (Å²) in [6.45, 7) is 0. The van der Waals surface area contributed by atoms with Crippen molar-refractivity contribution in [1.82, 2.24) is 0 Å². The van der Waals surface area contributed by atoms with Gasteiger partial charge in [0.25, 0.3) is 0 Å². The predicted octanol–water partition coefficient (Wildman–Crippen LogP) is 2.43. The third kappa shape index (κ3) is 1.73. The first-order chi connectivity index (χ1) is 7.55. The normalized spacial score (nSPS) is 29.6. The van der Waals surface area contributed by atoms with Crippen molar-refractivity contribution in [3.8, 4) is 0 Å². The summed E-state index contributed by atoms with van der Waals surface area (Å²) in [6, 6.07) is 9.60. The Kier molecular flexibility index (Phi) is 2.98. The van der Waals surface area contributed by atoms with Crippen molar-refractivity contribution in [3.63, 3.8) is 0 Å². The molecule has 1 aromatic rings. The van der Waals surface area contributed by atoms with Gasteiger partial charge in [-0.25, -0.2) is 0 Å². The standard InChI is InChI=1S/C12H12Cl2N2/c13-10-9(15)6-7-12(16,11(10)14)8-4-2-1-3-5-8/h1-7,11H,15-16H2. The molecule has 0 radical (unpaired) electrons. The van der Waals surface area contributed by atoms with E-state index in [1.807, 2.05) is 30.3 Å². The Morgan fingerprint density at radius 3 is 2.44 bits per heavy atom. The number of alkyl halides is 1. The topological polar surface area (TPSA) is 52.0 Å². The van der Waals surface area contributed by atoms with Crippen LogP contribution in [0.15, 0.2) is 53.2 Å². The van der Waals surface area contributed by atoms with Crippen LogP contribution in [0.1, 0.15) is 5.56 Å². The maximum absolute atomic E-state index is 6.28. The van der Waals surface area contributed by atoms with E-state index in [1.165, 1.54) is 0 Å². The molecule has 0 aromatic heterocycles. The molecule has 2 unspecified atom stereocenters. The van der Waals surface area contributed by atoms with Gasteiger partial charge in [-0.15, -0.1) is 11.6 Å². The third-order valence-electron chi connectivity index (χ3n) is 2.73. The van der Waals surface area contributed by atoms with E-state index >= 15 is 0 Å². The van der Waals surface area contributed by atoms with Crippen LogP contribution in [0, 0.1) is 0 Å². The van der Waals surface area contributed by atoms with Crippen molar-refractivity contribution in [2.45, 2.75) is 10.9 Å². The zero-order chi connectivity index (χ0) is 11.8. The first-order valence-corrected chi connectivity index (χ1v) is 5.70. The Labute approximate surface area is 105 Å². The minimum atomic E-state index is -0.803. The number of allylic oxidation sites excluding steroid dienone is 1. The molecular formula is C12H12Cl2N2. The van der Waals surface area contributed by atoms with Crippen LogP contribution in [0.25, 0.3) is 0 Å². The molecule has 1 aromatic carbocycles. The molecule has 0 spiro atoms. The lowest BCUT2D eigenvalue weighted by molar-refractivity contribution is 0.563. The van der Waals surface area contributed by atoms with Gasteiger partial charge in [-0.2, -0.15) is 0 Å². The van der Waals surface area contributed by atoms with E-state index in [0.29, 0.717) is 10.7 Å². The molecule has 2 rings (SSSR count). The van der Waals surface area contributed by atoms with Crippen molar-refractivity contribution >= 4 is 23.2 Å².